The molecular formula is C11H17N3O. The van der Waals surface area contributed by atoms with Gasteiger partial charge in [-0.15, -0.1) is 0 Å². The first kappa shape index (κ1) is 11.7. The number of hydrogen-bond acceptors (Lipinski definition) is 3. The summed E-state index contributed by atoms with van der Waals surface area (Å²) in [6, 6.07) is 3.84. The number of carbonyl (C=O) groups excluding carboxylic acids is 1. The molecule has 1 rings (SSSR count). The van der Waals surface area contributed by atoms with Crippen LogP contribution < -0.4 is 5.32 Å². The van der Waals surface area contributed by atoms with E-state index in [1.54, 1.807) is 17.3 Å². The third-order valence-electron chi connectivity index (χ3n) is 2.16. The Balaban J connectivity index is 2.41. The smallest absolute Gasteiger partial charge is 0.223 e. The normalized spacial score (nSPS) is 10.0. The topological polar surface area (TPSA) is 45.2 Å². The van der Waals surface area contributed by atoms with Crippen LogP contribution in [0, 0.1) is 0 Å². The molecule has 1 heterocycles. The standard InChI is InChI=1S/C11H17N3O/c1-12-7-5-11(15)14(2)9-10-4-3-6-13-8-10/h3-4,6,8,12H,5,7,9H2,1-2H3. The Morgan fingerprint density at radius 3 is 3.00 bits per heavy atom. The number of nitrogens with one attached hydrogen (secondary N) is 1. The molecule has 4 nitrogen and oxygen atoms in total. The number of hydrogen-bond donors (Lipinski definition) is 1. The van der Waals surface area contributed by atoms with Gasteiger partial charge in [0, 0.05) is 39.0 Å². The van der Waals surface area contributed by atoms with Crippen molar-refractivity contribution < 1.29 is 4.79 Å². The van der Waals surface area contributed by atoms with Crippen LogP contribution in [0.4, 0.5) is 0 Å². The molecule has 15 heavy (non-hydrogen) atoms. The Kier molecular flexibility index (Phi) is 4.77. The maximum absolute atomic E-state index is 11.6. The average Bonchev–Trinajstić information content (AvgIpc) is 2.27. The molecule has 1 amide bonds. The van der Waals surface area contributed by atoms with E-state index in [9.17, 15) is 4.79 Å². The van der Waals surface area contributed by atoms with Crippen LogP contribution in [0.3, 0.4) is 0 Å². The summed E-state index contributed by atoms with van der Waals surface area (Å²) in [5, 5.41) is 2.96. The predicted molar refractivity (Wildman–Crippen MR) is 59.3 cm³/mol. The third-order valence-corrected chi connectivity index (χ3v) is 2.16. The number of pyridine rings is 1. The monoisotopic (exact) mass is 207 g/mol. The number of nitrogens with zero attached hydrogens (tertiary/aromatic N) is 2. The van der Waals surface area contributed by atoms with Gasteiger partial charge in [0.2, 0.25) is 5.91 Å². The third kappa shape index (κ3) is 4.08. The lowest BCUT2D eigenvalue weighted by molar-refractivity contribution is -0.130. The molecule has 4 heteroatoms. The van der Waals surface area contributed by atoms with E-state index in [-0.39, 0.29) is 5.91 Å². The Bertz CT molecular complexity index is 300. The van der Waals surface area contributed by atoms with Crippen molar-refractivity contribution in [1.82, 2.24) is 15.2 Å². The summed E-state index contributed by atoms with van der Waals surface area (Å²) in [6.45, 7) is 1.34. The van der Waals surface area contributed by atoms with Crippen LogP contribution in [0.2, 0.25) is 0 Å². The minimum atomic E-state index is 0.146. The van der Waals surface area contributed by atoms with Crippen molar-refractivity contribution in [2.24, 2.45) is 0 Å². The first-order chi connectivity index (χ1) is 7.24. The molecule has 0 fully saturated rings. The van der Waals surface area contributed by atoms with Crippen molar-refractivity contribution in [1.29, 1.82) is 0 Å². The van der Waals surface area contributed by atoms with E-state index in [0.29, 0.717) is 13.0 Å². The van der Waals surface area contributed by atoms with Crippen molar-refractivity contribution in [2.45, 2.75) is 13.0 Å². The highest BCUT2D eigenvalue weighted by Crippen LogP contribution is 2.01. The predicted octanol–water partition coefficient (Wildman–Crippen LogP) is 0.649. The maximum Gasteiger partial charge on any atom is 0.223 e. The van der Waals surface area contributed by atoms with Crippen molar-refractivity contribution in [2.75, 3.05) is 20.6 Å². The molecule has 1 aromatic rings. The number of rotatable bonds is 5. The number of amides is 1. The molecular weight excluding hydrogens is 190 g/mol. The molecule has 82 valence electrons. The Morgan fingerprint density at radius 2 is 2.40 bits per heavy atom. The van der Waals surface area contributed by atoms with Crippen LogP contribution in [0.15, 0.2) is 24.5 Å². The van der Waals surface area contributed by atoms with Gasteiger partial charge in [0.15, 0.2) is 0 Å². The first-order valence-corrected chi connectivity index (χ1v) is 5.01. The van der Waals surface area contributed by atoms with Gasteiger partial charge in [-0.3, -0.25) is 9.78 Å². The Morgan fingerprint density at radius 1 is 1.60 bits per heavy atom. The zero-order chi connectivity index (χ0) is 11.1. The van der Waals surface area contributed by atoms with Crippen LogP contribution in [0.1, 0.15) is 12.0 Å². The summed E-state index contributed by atoms with van der Waals surface area (Å²) in [5.41, 5.74) is 1.05. The molecule has 0 aliphatic carbocycles. The highest BCUT2D eigenvalue weighted by molar-refractivity contribution is 5.76. The van der Waals surface area contributed by atoms with Crippen molar-refractivity contribution in [3.05, 3.63) is 30.1 Å². The van der Waals surface area contributed by atoms with Gasteiger partial charge in [-0.2, -0.15) is 0 Å². The zero-order valence-electron chi connectivity index (χ0n) is 9.23. The molecule has 1 N–H and O–H groups in total. The summed E-state index contributed by atoms with van der Waals surface area (Å²) >= 11 is 0. The average molecular weight is 207 g/mol. The van der Waals surface area contributed by atoms with E-state index in [0.717, 1.165) is 12.1 Å². The zero-order valence-corrected chi connectivity index (χ0v) is 9.23. The molecule has 0 aromatic carbocycles. The second-order valence-electron chi connectivity index (χ2n) is 3.46. The summed E-state index contributed by atoms with van der Waals surface area (Å²) in [6.07, 6.45) is 4.04. The van der Waals surface area contributed by atoms with Crippen molar-refractivity contribution in [3.8, 4) is 0 Å². The summed E-state index contributed by atoms with van der Waals surface area (Å²) < 4.78 is 0. The minimum absolute atomic E-state index is 0.146. The molecule has 1 aromatic heterocycles. The molecule has 0 bridgehead atoms. The van der Waals surface area contributed by atoms with Crippen LogP contribution in [0.25, 0.3) is 0 Å². The van der Waals surface area contributed by atoms with Gasteiger partial charge >= 0.3 is 0 Å². The van der Waals surface area contributed by atoms with E-state index < -0.39 is 0 Å². The summed E-state index contributed by atoms with van der Waals surface area (Å²) in [5.74, 6) is 0.146. The largest absolute Gasteiger partial charge is 0.341 e. The fraction of sp³-hybridized carbons (Fsp3) is 0.455. The van der Waals surface area contributed by atoms with E-state index in [2.05, 4.69) is 10.3 Å². The maximum atomic E-state index is 11.6. The SMILES string of the molecule is CNCCC(=O)N(C)Cc1cccnc1. The Labute approximate surface area is 90.3 Å². The summed E-state index contributed by atoms with van der Waals surface area (Å²) in [4.78, 5) is 17.3. The van der Waals surface area contributed by atoms with Crippen LogP contribution >= 0.6 is 0 Å². The van der Waals surface area contributed by atoms with Gasteiger partial charge in [0.1, 0.15) is 0 Å². The van der Waals surface area contributed by atoms with E-state index in [4.69, 9.17) is 0 Å². The van der Waals surface area contributed by atoms with Gasteiger partial charge in [-0.05, 0) is 18.7 Å². The van der Waals surface area contributed by atoms with Crippen LogP contribution in [-0.4, -0.2) is 36.4 Å². The molecule has 0 spiro atoms. The quantitative estimate of drug-likeness (QED) is 0.771. The minimum Gasteiger partial charge on any atom is -0.341 e. The van der Waals surface area contributed by atoms with Crippen LogP contribution in [-0.2, 0) is 11.3 Å². The lowest BCUT2D eigenvalue weighted by atomic mass is 10.2. The molecule has 0 saturated carbocycles. The molecule has 0 aliphatic heterocycles. The second-order valence-corrected chi connectivity index (χ2v) is 3.46. The molecule has 0 aliphatic rings. The lowest BCUT2D eigenvalue weighted by Gasteiger charge is -2.16. The van der Waals surface area contributed by atoms with Gasteiger partial charge in [-0.25, -0.2) is 0 Å². The van der Waals surface area contributed by atoms with Crippen molar-refractivity contribution >= 4 is 5.91 Å². The lowest BCUT2D eigenvalue weighted by Crippen LogP contribution is -2.28. The molecule has 0 unspecified atom stereocenters. The van der Waals surface area contributed by atoms with Gasteiger partial charge in [-0.1, -0.05) is 6.07 Å². The molecule has 0 saturated heterocycles. The fourth-order valence-corrected chi connectivity index (χ4v) is 1.28. The van der Waals surface area contributed by atoms with Crippen LogP contribution in [0.5, 0.6) is 0 Å². The first-order valence-electron chi connectivity index (χ1n) is 5.01. The summed E-state index contributed by atoms with van der Waals surface area (Å²) in [7, 11) is 3.65. The van der Waals surface area contributed by atoms with Gasteiger partial charge in [0.25, 0.3) is 0 Å². The number of aromatic nitrogens is 1. The second kappa shape index (κ2) is 6.14. The fourth-order valence-electron chi connectivity index (χ4n) is 1.28. The highest BCUT2D eigenvalue weighted by Gasteiger charge is 2.07. The number of carbonyl (C=O) groups is 1. The van der Waals surface area contributed by atoms with E-state index in [1.165, 1.54) is 0 Å². The molecule has 0 atom stereocenters. The van der Waals surface area contributed by atoms with E-state index in [1.807, 2.05) is 26.2 Å². The van der Waals surface area contributed by atoms with Gasteiger partial charge in [0.05, 0.1) is 0 Å². The van der Waals surface area contributed by atoms with Gasteiger partial charge < -0.3 is 10.2 Å². The van der Waals surface area contributed by atoms with Crippen molar-refractivity contribution in [3.63, 3.8) is 0 Å². The van der Waals surface area contributed by atoms with E-state index >= 15 is 0 Å². The highest BCUT2D eigenvalue weighted by atomic mass is 16.2. The molecule has 0 radical (unpaired) electrons. The Hall–Kier alpha value is -1.42.